The zero-order valence-electron chi connectivity index (χ0n) is 10.1. The third-order valence-corrected chi connectivity index (χ3v) is 2.90. The van der Waals surface area contributed by atoms with E-state index in [-0.39, 0.29) is 0 Å². The zero-order valence-corrected chi connectivity index (χ0v) is 10.1. The molecule has 0 amide bonds. The summed E-state index contributed by atoms with van der Waals surface area (Å²) in [6, 6.07) is 0.577. The number of hydrogen-bond acceptors (Lipinski definition) is 2. The maximum atomic E-state index is 5.51. The standard InChI is InChI=1S/C12H25NO/c1-12(2,3)9-13-10-7-5-6-8-11(10)14-4/h10-11,13H,5-9H2,1-4H3. The SMILES string of the molecule is COC1CCCCC1NCC(C)(C)C. The van der Waals surface area contributed by atoms with Crippen molar-refractivity contribution in [3.05, 3.63) is 0 Å². The van der Waals surface area contributed by atoms with E-state index in [2.05, 4.69) is 26.1 Å². The Balaban J connectivity index is 2.33. The summed E-state index contributed by atoms with van der Waals surface area (Å²) in [7, 11) is 1.84. The molecule has 0 radical (unpaired) electrons. The van der Waals surface area contributed by atoms with Crippen molar-refractivity contribution in [2.45, 2.75) is 58.6 Å². The number of rotatable bonds is 3. The smallest absolute Gasteiger partial charge is 0.0724 e. The van der Waals surface area contributed by atoms with E-state index in [1.54, 1.807) is 0 Å². The number of ether oxygens (including phenoxy) is 1. The van der Waals surface area contributed by atoms with Crippen LogP contribution in [0.1, 0.15) is 46.5 Å². The Bertz CT molecular complexity index is 162. The van der Waals surface area contributed by atoms with Crippen LogP contribution in [0.2, 0.25) is 0 Å². The highest BCUT2D eigenvalue weighted by Gasteiger charge is 2.25. The molecule has 1 aliphatic rings. The highest BCUT2D eigenvalue weighted by molar-refractivity contribution is 4.83. The second-order valence-electron chi connectivity index (χ2n) is 5.61. The lowest BCUT2D eigenvalue weighted by molar-refractivity contribution is 0.0390. The van der Waals surface area contributed by atoms with Gasteiger partial charge >= 0.3 is 0 Å². The number of hydrogen-bond donors (Lipinski definition) is 1. The fraction of sp³-hybridized carbons (Fsp3) is 1.00. The third-order valence-electron chi connectivity index (χ3n) is 2.90. The summed E-state index contributed by atoms with van der Waals surface area (Å²) >= 11 is 0. The Morgan fingerprint density at radius 1 is 1.21 bits per heavy atom. The molecule has 0 heterocycles. The van der Waals surface area contributed by atoms with Gasteiger partial charge in [-0.2, -0.15) is 0 Å². The van der Waals surface area contributed by atoms with Crippen molar-refractivity contribution < 1.29 is 4.74 Å². The van der Waals surface area contributed by atoms with Gasteiger partial charge in [0.2, 0.25) is 0 Å². The van der Waals surface area contributed by atoms with E-state index in [0.717, 1.165) is 6.54 Å². The number of nitrogens with one attached hydrogen (secondary N) is 1. The van der Waals surface area contributed by atoms with E-state index in [1.165, 1.54) is 25.7 Å². The average Bonchev–Trinajstić information content (AvgIpc) is 2.14. The van der Waals surface area contributed by atoms with Gasteiger partial charge in [-0.3, -0.25) is 0 Å². The topological polar surface area (TPSA) is 21.3 Å². The molecular formula is C12H25NO. The molecule has 0 aliphatic heterocycles. The minimum atomic E-state index is 0.371. The van der Waals surface area contributed by atoms with E-state index < -0.39 is 0 Å². The van der Waals surface area contributed by atoms with Crippen LogP contribution < -0.4 is 5.32 Å². The van der Waals surface area contributed by atoms with Crippen LogP contribution in [-0.4, -0.2) is 25.8 Å². The zero-order chi connectivity index (χ0) is 10.6. The fourth-order valence-electron chi connectivity index (χ4n) is 2.05. The molecule has 1 saturated carbocycles. The third kappa shape index (κ3) is 3.97. The largest absolute Gasteiger partial charge is 0.380 e. The van der Waals surface area contributed by atoms with Gasteiger partial charge in [0.25, 0.3) is 0 Å². The van der Waals surface area contributed by atoms with Gasteiger partial charge < -0.3 is 10.1 Å². The molecule has 84 valence electrons. The maximum Gasteiger partial charge on any atom is 0.0724 e. The molecule has 0 saturated heterocycles. The summed E-state index contributed by atoms with van der Waals surface area (Å²) in [5, 5.41) is 3.64. The summed E-state index contributed by atoms with van der Waals surface area (Å²) < 4.78 is 5.51. The van der Waals surface area contributed by atoms with Crippen molar-refractivity contribution >= 4 is 0 Å². The van der Waals surface area contributed by atoms with Gasteiger partial charge in [-0.05, 0) is 18.3 Å². The van der Waals surface area contributed by atoms with E-state index >= 15 is 0 Å². The molecule has 2 unspecified atom stereocenters. The van der Waals surface area contributed by atoms with E-state index in [9.17, 15) is 0 Å². The van der Waals surface area contributed by atoms with Crippen LogP contribution in [0.25, 0.3) is 0 Å². The molecule has 1 fully saturated rings. The van der Waals surface area contributed by atoms with Gasteiger partial charge in [-0.25, -0.2) is 0 Å². The van der Waals surface area contributed by atoms with Gasteiger partial charge in [0.15, 0.2) is 0 Å². The molecule has 14 heavy (non-hydrogen) atoms. The minimum absolute atomic E-state index is 0.371. The molecule has 0 bridgehead atoms. The predicted molar refractivity (Wildman–Crippen MR) is 60.5 cm³/mol. The predicted octanol–water partition coefficient (Wildman–Crippen LogP) is 2.58. The van der Waals surface area contributed by atoms with E-state index in [0.29, 0.717) is 17.6 Å². The van der Waals surface area contributed by atoms with Crippen LogP contribution in [0.15, 0.2) is 0 Å². The first-order valence-corrected chi connectivity index (χ1v) is 5.79. The van der Waals surface area contributed by atoms with Crippen LogP contribution in [0.3, 0.4) is 0 Å². The first-order chi connectivity index (χ1) is 6.53. The Morgan fingerprint density at radius 3 is 2.43 bits per heavy atom. The number of methoxy groups -OCH3 is 1. The van der Waals surface area contributed by atoms with Crippen molar-refractivity contribution in [3.63, 3.8) is 0 Å². The average molecular weight is 199 g/mol. The summed E-state index contributed by atoms with van der Waals surface area (Å²) in [6.07, 6.45) is 5.60. The Hall–Kier alpha value is -0.0800. The molecule has 1 aliphatic carbocycles. The summed E-state index contributed by atoms with van der Waals surface area (Å²) in [5.74, 6) is 0. The van der Waals surface area contributed by atoms with Gasteiger partial charge in [-0.15, -0.1) is 0 Å². The molecule has 1 rings (SSSR count). The van der Waals surface area contributed by atoms with Crippen molar-refractivity contribution in [1.82, 2.24) is 5.32 Å². The van der Waals surface area contributed by atoms with Crippen LogP contribution in [0, 0.1) is 5.41 Å². The summed E-state index contributed by atoms with van der Waals surface area (Å²) in [4.78, 5) is 0. The lowest BCUT2D eigenvalue weighted by Crippen LogP contribution is -2.45. The molecule has 0 spiro atoms. The quantitative estimate of drug-likeness (QED) is 0.754. The molecular weight excluding hydrogens is 174 g/mol. The Labute approximate surface area is 88.4 Å². The molecule has 2 atom stereocenters. The maximum absolute atomic E-state index is 5.51. The van der Waals surface area contributed by atoms with Gasteiger partial charge in [0.1, 0.15) is 0 Å². The highest BCUT2D eigenvalue weighted by Crippen LogP contribution is 2.22. The Morgan fingerprint density at radius 2 is 1.86 bits per heavy atom. The second-order valence-corrected chi connectivity index (χ2v) is 5.61. The summed E-state index contributed by atoms with van der Waals surface area (Å²) in [6.45, 7) is 7.89. The van der Waals surface area contributed by atoms with Crippen LogP contribution in [-0.2, 0) is 4.74 Å². The lowest BCUT2D eigenvalue weighted by atomic mass is 9.90. The minimum Gasteiger partial charge on any atom is -0.380 e. The van der Waals surface area contributed by atoms with E-state index in [1.807, 2.05) is 7.11 Å². The molecule has 0 aromatic heterocycles. The van der Waals surface area contributed by atoms with Gasteiger partial charge in [0, 0.05) is 19.7 Å². The van der Waals surface area contributed by atoms with Crippen molar-refractivity contribution in [1.29, 1.82) is 0 Å². The second kappa shape index (κ2) is 5.13. The molecule has 0 aromatic carbocycles. The van der Waals surface area contributed by atoms with Gasteiger partial charge in [-0.1, -0.05) is 33.6 Å². The Kier molecular flexibility index (Phi) is 4.39. The van der Waals surface area contributed by atoms with E-state index in [4.69, 9.17) is 4.74 Å². The molecule has 2 nitrogen and oxygen atoms in total. The van der Waals surface area contributed by atoms with Crippen LogP contribution in [0.4, 0.5) is 0 Å². The van der Waals surface area contributed by atoms with Crippen molar-refractivity contribution in [2.24, 2.45) is 5.41 Å². The fourth-order valence-corrected chi connectivity index (χ4v) is 2.05. The molecule has 2 heteroatoms. The lowest BCUT2D eigenvalue weighted by Gasteiger charge is -2.33. The van der Waals surface area contributed by atoms with Crippen LogP contribution >= 0.6 is 0 Å². The highest BCUT2D eigenvalue weighted by atomic mass is 16.5. The molecule has 0 aromatic rings. The van der Waals surface area contributed by atoms with Gasteiger partial charge in [0.05, 0.1) is 6.10 Å². The monoisotopic (exact) mass is 199 g/mol. The summed E-state index contributed by atoms with van der Waals surface area (Å²) in [5.41, 5.74) is 0.371. The molecule has 1 N–H and O–H groups in total. The van der Waals surface area contributed by atoms with Crippen LogP contribution in [0.5, 0.6) is 0 Å². The van der Waals surface area contributed by atoms with Crippen molar-refractivity contribution in [3.8, 4) is 0 Å². The normalized spacial score (nSPS) is 29.1. The van der Waals surface area contributed by atoms with Crippen molar-refractivity contribution in [2.75, 3.05) is 13.7 Å². The first kappa shape index (κ1) is 12.0. The first-order valence-electron chi connectivity index (χ1n) is 5.79.